The van der Waals surface area contributed by atoms with E-state index < -0.39 is 0 Å². The zero-order valence-electron chi connectivity index (χ0n) is 14.6. The summed E-state index contributed by atoms with van der Waals surface area (Å²) in [6, 6.07) is 0. The van der Waals surface area contributed by atoms with Crippen LogP contribution in [0.5, 0.6) is 0 Å². The molecule has 4 saturated carbocycles. The second-order valence-corrected chi connectivity index (χ2v) is 8.46. The molecule has 0 spiro atoms. The smallest absolute Gasteiger partial charge is 0.334 e. The van der Waals surface area contributed by atoms with Gasteiger partial charge in [-0.2, -0.15) is 0 Å². The number of carbonyl (C=O) groups excluding carboxylic acids is 2. The predicted molar refractivity (Wildman–Crippen MR) is 89.0 cm³/mol. The molecule has 5 aliphatic rings. The van der Waals surface area contributed by atoms with Crippen LogP contribution in [0.15, 0.2) is 12.2 Å². The summed E-state index contributed by atoms with van der Waals surface area (Å²) >= 11 is 0. The van der Waals surface area contributed by atoms with Crippen molar-refractivity contribution in [1.82, 2.24) is 0 Å². The molecule has 0 amide bonds. The molecule has 0 N–H and O–H groups in total. The molecule has 1 atom stereocenters. The Kier molecular flexibility index (Phi) is 3.97. The van der Waals surface area contributed by atoms with E-state index in [0.717, 1.165) is 18.3 Å². The Morgan fingerprint density at radius 2 is 1.83 bits per heavy atom. The van der Waals surface area contributed by atoms with Crippen LogP contribution < -0.4 is 0 Å². The minimum atomic E-state index is -0.278. The summed E-state index contributed by atoms with van der Waals surface area (Å²) < 4.78 is 11.4. The predicted octanol–water partition coefficient (Wildman–Crippen LogP) is 3.79. The van der Waals surface area contributed by atoms with E-state index in [1.165, 1.54) is 32.1 Å². The first-order chi connectivity index (χ1) is 11.5. The van der Waals surface area contributed by atoms with Crippen LogP contribution in [-0.4, -0.2) is 23.6 Å². The van der Waals surface area contributed by atoms with E-state index in [2.05, 4.69) is 13.5 Å². The molecular weight excluding hydrogens is 304 g/mol. The van der Waals surface area contributed by atoms with Crippen molar-refractivity contribution in [2.24, 2.45) is 23.7 Å². The lowest BCUT2D eigenvalue weighted by Gasteiger charge is -2.60. The SMILES string of the molecule is C=C(CC1CCC(=O)O1)C(=O)OC1(CC)C2CC3CC(C2)CC1C3. The van der Waals surface area contributed by atoms with Gasteiger partial charge in [-0.1, -0.05) is 13.5 Å². The molecule has 0 aromatic rings. The highest BCUT2D eigenvalue weighted by Crippen LogP contribution is 2.60. The Morgan fingerprint density at radius 1 is 1.21 bits per heavy atom. The van der Waals surface area contributed by atoms with Crippen molar-refractivity contribution < 1.29 is 19.1 Å². The Balaban J connectivity index is 1.43. The van der Waals surface area contributed by atoms with E-state index in [9.17, 15) is 9.59 Å². The maximum Gasteiger partial charge on any atom is 0.334 e. The summed E-state index contributed by atoms with van der Waals surface area (Å²) in [7, 11) is 0. The molecule has 1 saturated heterocycles. The van der Waals surface area contributed by atoms with Crippen molar-refractivity contribution in [3.8, 4) is 0 Å². The number of carbonyl (C=O) groups is 2. The maximum atomic E-state index is 12.7. The number of cyclic esters (lactones) is 1. The van der Waals surface area contributed by atoms with Gasteiger partial charge >= 0.3 is 11.9 Å². The van der Waals surface area contributed by atoms with Gasteiger partial charge in [-0.25, -0.2) is 4.79 Å². The lowest BCUT2D eigenvalue weighted by atomic mass is 9.49. The maximum absolute atomic E-state index is 12.7. The minimum absolute atomic E-state index is 0.174. The number of ether oxygens (including phenoxy) is 2. The fraction of sp³-hybridized carbons (Fsp3) is 0.800. The first-order valence-corrected chi connectivity index (χ1v) is 9.60. The lowest BCUT2D eigenvalue weighted by molar-refractivity contribution is -0.207. The van der Waals surface area contributed by atoms with Crippen LogP contribution >= 0.6 is 0 Å². The van der Waals surface area contributed by atoms with E-state index in [-0.39, 0.29) is 23.6 Å². The summed E-state index contributed by atoms with van der Waals surface area (Å²) in [5, 5.41) is 0. The molecule has 4 aliphatic carbocycles. The zero-order valence-corrected chi connectivity index (χ0v) is 14.6. The van der Waals surface area contributed by atoms with Crippen LogP contribution in [0.1, 0.15) is 64.7 Å². The first-order valence-electron chi connectivity index (χ1n) is 9.60. The van der Waals surface area contributed by atoms with E-state index >= 15 is 0 Å². The number of hydrogen-bond donors (Lipinski definition) is 0. The third-order valence-corrected chi connectivity index (χ3v) is 7.09. The van der Waals surface area contributed by atoms with E-state index in [1.807, 2.05) is 0 Å². The molecule has 5 rings (SSSR count). The molecule has 1 unspecified atom stereocenters. The van der Waals surface area contributed by atoms with Crippen LogP contribution in [-0.2, 0) is 19.1 Å². The van der Waals surface area contributed by atoms with Crippen molar-refractivity contribution in [2.45, 2.75) is 76.4 Å². The lowest BCUT2D eigenvalue weighted by Crippen LogP contribution is -2.59. The van der Waals surface area contributed by atoms with Crippen molar-refractivity contribution in [3.05, 3.63) is 12.2 Å². The topological polar surface area (TPSA) is 52.6 Å². The molecular formula is C20H28O4. The monoisotopic (exact) mass is 332 g/mol. The third kappa shape index (κ3) is 2.58. The molecule has 5 fully saturated rings. The molecule has 4 heteroatoms. The highest BCUT2D eigenvalue weighted by Gasteiger charge is 2.58. The normalized spacial score (nSPS) is 42.9. The van der Waals surface area contributed by atoms with Crippen LogP contribution in [0.25, 0.3) is 0 Å². The van der Waals surface area contributed by atoms with E-state index in [4.69, 9.17) is 9.47 Å². The minimum Gasteiger partial charge on any atom is -0.462 e. The van der Waals surface area contributed by atoms with Gasteiger partial charge in [0.05, 0.1) is 0 Å². The zero-order chi connectivity index (χ0) is 16.9. The number of hydrogen-bond acceptors (Lipinski definition) is 4. The molecule has 24 heavy (non-hydrogen) atoms. The highest BCUT2D eigenvalue weighted by atomic mass is 16.6. The molecule has 0 aromatic heterocycles. The van der Waals surface area contributed by atoms with Gasteiger partial charge in [-0.05, 0) is 68.6 Å². The average Bonchev–Trinajstić information content (AvgIpc) is 2.95. The summed E-state index contributed by atoms with van der Waals surface area (Å²) in [5.41, 5.74) is 0.177. The fourth-order valence-electron chi connectivity index (χ4n) is 6.13. The van der Waals surface area contributed by atoms with Crippen LogP contribution in [0, 0.1) is 23.7 Å². The third-order valence-electron chi connectivity index (χ3n) is 7.09. The van der Waals surface area contributed by atoms with Crippen LogP contribution in [0.4, 0.5) is 0 Å². The second kappa shape index (κ2) is 5.89. The largest absolute Gasteiger partial charge is 0.462 e. The summed E-state index contributed by atoms with van der Waals surface area (Å²) in [4.78, 5) is 23.9. The molecule has 132 valence electrons. The van der Waals surface area contributed by atoms with Crippen LogP contribution in [0.3, 0.4) is 0 Å². The molecule has 1 aliphatic heterocycles. The Labute approximate surface area is 144 Å². The Hall–Kier alpha value is -1.32. The first kappa shape index (κ1) is 16.2. The van der Waals surface area contributed by atoms with Gasteiger partial charge in [0.15, 0.2) is 0 Å². The molecule has 4 nitrogen and oxygen atoms in total. The summed E-state index contributed by atoms with van der Waals surface area (Å²) in [6.07, 6.45) is 8.51. The van der Waals surface area contributed by atoms with Gasteiger partial charge in [0.25, 0.3) is 0 Å². The Morgan fingerprint density at radius 3 is 2.33 bits per heavy atom. The van der Waals surface area contributed by atoms with E-state index in [0.29, 0.717) is 36.7 Å². The molecule has 4 bridgehead atoms. The van der Waals surface area contributed by atoms with Crippen LogP contribution in [0.2, 0.25) is 0 Å². The fourth-order valence-corrected chi connectivity index (χ4v) is 6.13. The Bertz CT molecular complexity index is 536. The summed E-state index contributed by atoms with van der Waals surface area (Å²) in [6.45, 7) is 6.09. The molecule has 0 aromatic carbocycles. The van der Waals surface area contributed by atoms with Crippen molar-refractivity contribution >= 4 is 11.9 Å². The number of rotatable bonds is 5. The quantitative estimate of drug-likeness (QED) is 0.568. The van der Waals surface area contributed by atoms with Gasteiger partial charge in [-0.15, -0.1) is 0 Å². The van der Waals surface area contributed by atoms with Crippen molar-refractivity contribution in [2.75, 3.05) is 0 Å². The van der Waals surface area contributed by atoms with Gasteiger partial charge < -0.3 is 9.47 Å². The van der Waals surface area contributed by atoms with Gasteiger partial charge in [0.1, 0.15) is 11.7 Å². The standard InChI is InChI=1S/C20H28O4/c1-3-20(15-8-13-7-14(10-15)11-16(20)9-13)24-19(22)12(2)6-17-4-5-18(21)23-17/h13-17H,2-11H2,1H3. The molecule has 1 heterocycles. The molecule has 0 radical (unpaired) electrons. The van der Waals surface area contributed by atoms with Gasteiger partial charge in [0, 0.05) is 18.4 Å². The average molecular weight is 332 g/mol. The highest BCUT2D eigenvalue weighted by molar-refractivity contribution is 5.88. The summed E-state index contributed by atoms with van der Waals surface area (Å²) in [5.74, 6) is 2.32. The van der Waals surface area contributed by atoms with E-state index in [1.54, 1.807) is 0 Å². The second-order valence-electron chi connectivity index (χ2n) is 8.46. The van der Waals surface area contributed by atoms with Crippen molar-refractivity contribution in [3.63, 3.8) is 0 Å². The van der Waals surface area contributed by atoms with Gasteiger partial charge in [-0.3, -0.25) is 4.79 Å². The van der Waals surface area contributed by atoms with Gasteiger partial charge in [0.2, 0.25) is 0 Å². The van der Waals surface area contributed by atoms with Crippen molar-refractivity contribution in [1.29, 1.82) is 0 Å². The number of esters is 2.